The molecule has 0 unspecified atom stereocenters. The SMILES string of the molecule is CCC(=O)N1CCc2cc(-c3ccc(C(=O)CCc4cn[nH]c4)cc3)ccc21.CCC(=O)N1CCc2cc(-c3ccc(C(=O)O)cc3)ccc21.NCc1cn[nH]c1. The van der Waals surface area contributed by atoms with Crippen molar-refractivity contribution in [3.05, 3.63) is 143 Å². The van der Waals surface area contributed by atoms with E-state index in [1.54, 1.807) is 30.7 Å². The fourth-order valence-electron chi connectivity index (χ4n) is 6.92. The standard InChI is InChI=1S/C23H23N3O2.C18H17NO3.C4H7N3/c1-2-23(28)26-12-11-20-13-19(8-9-21(20)26)17-4-6-18(7-5-17)22(27)10-3-16-14-24-25-15-16;1-2-17(20)19-10-9-15-11-14(7-8-16(15)19)12-3-5-13(6-4-12)18(21)22;5-1-4-2-6-7-3-4/h4-9,13-15H,2-3,10-12H2,1H3,(H,24,25);3-8,11H,2,9-10H2,1H3,(H,21,22);2-3H,1,5H2,(H,6,7). The quantitative estimate of drug-likeness (QED) is 0.104. The number of Topliss-reactive ketones (excluding diaryl/α,β-unsaturated/α-hetero) is 1. The van der Waals surface area contributed by atoms with Crippen LogP contribution in [0.2, 0.25) is 0 Å². The number of aryl methyl sites for hydroxylation is 1. The van der Waals surface area contributed by atoms with Gasteiger partial charge in [0.25, 0.3) is 0 Å². The number of hydrogen-bond acceptors (Lipinski definition) is 7. The van der Waals surface area contributed by atoms with Crippen LogP contribution in [0.15, 0.2) is 110 Å². The Labute approximate surface area is 331 Å². The lowest BCUT2D eigenvalue weighted by Gasteiger charge is -2.16. The van der Waals surface area contributed by atoms with Crippen LogP contribution < -0.4 is 15.5 Å². The molecule has 2 aromatic heterocycles. The molecule has 12 heteroatoms. The Balaban J connectivity index is 0.000000168. The Morgan fingerprint density at radius 3 is 1.51 bits per heavy atom. The second kappa shape index (κ2) is 18.8. The van der Waals surface area contributed by atoms with Crippen LogP contribution in [0.4, 0.5) is 11.4 Å². The van der Waals surface area contributed by atoms with E-state index >= 15 is 0 Å². The van der Waals surface area contributed by atoms with E-state index in [-0.39, 0.29) is 23.2 Å². The lowest BCUT2D eigenvalue weighted by molar-refractivity contribution is -0.119. The minimum absolute atomic E-state index is 0.135. The molecule has 0 radical (unpaired) electrons. The molecular weight excluding hydrogens is 719 g/mol. The number of fused-ring (bicyclic) bond motifs is 2. The van der Waals surface area contributed by atoms with Crippen molar-refractivity contribution in [3.63, 3.8) is 0 Å². The van der Waals surface area contributed by atoms with Crippen LogP contribution in [0.3, 0.4) is 0 Å². The molecule has 57 heavy (non-hydrogen) atoms. The summed E-state index contributed by atoms with van der Waals surface area (Å²) in [4.78, 5) is 51.0. The van der Waals surface area contributed by atoms with Crippen LogP contribution in [0, 0.1) is 0 Å². The van der Waals surface area contributed by atoms with Crippen molar-refractivity contribution >= 4 is 34.9 Å². The first-order chi connectivity index (χ1) is 27.7. The molecule has 5 N–H and O–H groups in total. The number of rotatable bonds is 10. The lowest BCUT2D eigenvalue weighted by atomic mass is 9.98. The Morgan fingerprint density at radius 1 is 0.649 bits per heavy atom. The van der Waals surface area contributed by atoms with Gasteiger partial charge in [0.2, 0.25) is 11.8 Å². The van der Waals surface area contributed by atoms with Gasteiger partial charge in [-0.1, -0.05) is 62.4 Å². The van der Waals surface area contributed by atoms with Gasteiger partial charge < -0.3 is 20.6 Å². The van der Waals surface area contributed by atoms with Crippen LogP contribution in [0.25, 0.3) is 22.3 Å². The number of carbonyl (C=O) groups is 4. The zero-order valence-corrected chi connectivity index (χ0v) is 32.2. The summed E-state index contributed by atoms with van der Waals surface area (Å²) in [5, 5.41) is 21.9. The van der Waals surface area contributed by atoms with Crippen LogP contribution in [0.5, 0.6) is 0 Å². The number of nitrogens with zero attached hydrogens (tertiary/aromatic N) is 4. The van der Waals surface area contributed by atoms with Gasteiger partial charge in [0.1, 0.15) is 0 Å². The normalized spacial score (nSPS) is 12.5. The molecule has 2 amide bonds. The monoisotopic (exact) mass is 765 g/mol. The second-order valence-electron chi connectivity index (χ2n) is 13.8. The number of hydrogen-bond donors (Lipinski definition) is 4. The molecule has 0 spiro atoms. The van der Waals surface area contributed by atoms with Gasteiger partial charge in [-0.05, 0) is 94.6 Å². The van der Waals surface area contributed by atoms with E-state index in [1.165, 1.54) is 11.1 Å². The molecule has 4 aromatic carbocycles. The van der Waals surface area contributed by atoms with E-state index in [0.29, 0.717) is 32.2 Å². The van der Waals surface area contributed by atoms with E-state index in [9.17, 15) is 19.2 Å². The van der Waals surface area contributed by atoms with Crippen LogP contribution >= 0.6 is 0 Å². The third kappa shape index (κ3) is 9.78. The fourth-order valence-corrected chi connectivity index (χ4v) is 6.92. The zero-order valence-electron chi connectivity index (χ0n) is 32.2. The summed E-state index contributed by atoms with van der Waals surface area (Å²) < 4.78 is 0. The van der Waals surface area contributed by atoms with Gasteiger partial charge >= 0.3 is 5.97 Å². The third-order valence-corrected chi connectivity index (χ3v) is 10.1. The molecule has 12 nitrogen and oxygen atoms in total. The van der Waals surface area contributed by atoms with Gasteiger partial charge in [0.05, 0.1) is 18.0 Å². The summed E-state index contributed by atoms with van der Waals surface area (Å²) in [6.45, 7) is 5.83. The van der Waals surface area contributed by atoms with Gasteiger partial charge in [-0.25, -0.2) is 4.79 Å². The molecule has 2 aliphatic heterocycles. The zero-order chi connectivity index (χ0) is 40.3. The van der Waals surface area contributed by atoms with Crippen LogP contribution in [0.1, 0.15) is 76.1 Å². The Kier molecular flexibility index (Phi) is 13.2. The van der Waals surface area contributed by atoms with Crippen molar-refractivity contribution in [1.82, 2.24) is 20.4 Å². The number of anilines is 2. The summed E-state index contributed by atoms with van der Waals surface area (Å²) in [7, 11) is 0. The number of aromatic amines is 2. The number of nitrogens with one attached hydrogen (secondary N) is 2. The van der Waals surface area contributed by atoms with Crippen molar-refractivity contribution in [2.24, 2.45) is 5.73 Å². The molecule has 0 aliphatic carbocycles. The predicted molar refractivity (Wildman–Crippen MR) is 221 cm³/mol. The summed E-state index contributed by atoms with van der Waals surface area (Å²) >= 11 is 0. The summed E-state index contributed by atoms with van der Waals surface area (Å²) in [5.74, 6) is -0.466. The first-order valence-electron chi connectivity index (χ1n) is 19.2. The van der Waals surface area contributed by atoms with E-state index in [0.717, 1.165) is 76.3 Å². The van der Waals surface area contributed by atoms with E-state index in [1.807, 2.05) is 84.4 Å². The summed E-state index contributed by atoms with van der Waals surface area (Å²) in [5.41, 5.74) is 16.9. The number of carbonyl (C=O) groups excluding carboxylic acids is 3. The average molecular weight is 766 g/mol. The van der Waals surface area contributed by atoms with Gasteiger partial charge in [-0.3, -0.25) is 24.6 Å². The summed E-state index contributed by atoms with van der Waals surface area (Å²) in [6.07, 6.45) is 11.0. The molecule has 0 fully saturated rings. The molecule has 2 aliphatic rings. The maximum Gasteiger partial charge on any atom is 0.335 e. The topological polar surface area (TPSA) is 178 Å². The molecule has 0 atom stereocenters. The Hall–Kier alpha value is -6.66. The molecular formula is C45H47N7O5. The Morgan fingerprint density at radius 2 is 1.11 bits per heavy atom. The number of carboxylic acids is 1. The van der Waals surface area contributed by atoms with Gasteiger partial charge in [-0.15, -0.1) is 0 Å². The van der Waals surface area contributed by atoms with Crippen LogP contribution in [-0.2, 0) is 35.4 Å². The second-order valence-corrected chi connectivity index (χ2v) is 13.8. The number of H-pyrrole nitrogens is 2. The van der Waals surface area contributed by atoms with Crippen molar-refractivity contribution < 1.29 is 24.3 Å². The number of amides is 2. The van der Waals surface area contributed by atoms with E-state index in [4.69, 9.17) is 10.8 Å². The molecule has 6 aromatic rings. The smallest absolute Gasteiger partial charge is 0.335 e. The number of carboxylic acid groups (broad SMARTS) is 1. The highest BCUT2D eigenvalue weighted by atomic mass is 16.4. The lowest BCUT2D eigenvalue weighted by Crippen LogP contribution is -2.27. The van der Waals surface area contributed by atoms with Crippen molar-refractivity contribution in [2.45, 2.75) is 58.9 Å². The van der Waals surface area contributed by atoms with Crippen LogP contribution in [-0.4, -0.2) is 62.2 Å². The van der Waals surface area contributed by atoms with Gasteiger partial charge in [0, 0.05) is 73.8 Å². The first kappa shape index (κ1) is 40.0. The molecule has 292 valence electrons. The first-order valence-corrected chi connectivity index (χ1v) is 19.2. The third-order valence-electron chi connectivity index (χ3n) is 10.1. The number of benzene rings is 4. The Bertz CT molecular complexity index is 2300. The number of aromatic nitrogens is 4. The van der Waals surface area contributed by atoms with Gasteiger partial charge in [-0.2, -0.15) is 10.2 Å². The predicted octanol–water partition coefficient (Wildman–Crippen LogP) is 7.41. The van der Waals surface area contributed by atoms with E-state index < -0.39 is 5.97 Å². The fraction of sp³-hybridized carbons (Fsp3) is 0.244. The largest absolute Gasteiger partial charge is 0.478 e. The minimum atomic E-state index is -0.922. The van der Waals surface area contributed by atoms with Gasteiger partial charge in [0.15, 0.2) is 5.78 Å². The maximum absolute atomic E-state index is 12.4. The number of aromatic carboxylic acids is 1. The van der Waals surface area contributed by atoms with E-state index in [2.05, 4.69) is 38.6 Å². The highest BCUT2D eigenvalue weighted by Gasteiger charge is 2.25. The maximum atomic E-state index is 12.4. The molecule has 0 saturated heterocycles. The minimum Gasteiger partial charge on any atom is -0.478 e. The number of nitrogens with two attached hydrogens (primary N) is 1. The van der Waals surface area contributed by atoms with Crippen molar-refractivity contribution in [2.75, 3.05) is 22.9 Å². The average Bonchev–Trinajstić information content (AvgIpc) is 4.10. The molecule has 4 heterocycles. The molecule has 8 rings (SSSR count). The van der Waals surface area contributed by atoms with Crippen molar-refractivity contribution in [3.8, 4) is 22.3 Å². The van der Waals surface area contributed by atoms with Crippen molar-refractivity contribution in [1.29, 1.82) is 0 Å². The highest BCUT2D eigenvalue weighted by molar-refractivity contribution is 5.98. The molecule has 0 saturated carbocycles. The summed E-state index contributed by atoms with van der Waals surface area (Å²) in [6, 6.07) is 26.9. The number of ketones is 1. The highest BCUT2D eigenvalue weighted by Crippen LogP contribution is 2.34. The molecule has 0 bridgehead atoms.